The summed E-state index contributed by atoms with van der Waals surface area (Å²) in [5.74, 6) is 1.36. The van der Waals surface area contributed by atoms with Gasteiger partial charge in [-0.15, -0.1) is 0 Å². The van der Waals surface area contributed by atoms with Crippen LogP contribution in [-0.2, 0) is 6.54 Å². The third-order valence-corrected chi connectivity index (χ3v) is 4.64. The van der Waals surface area contributed by atoms with Crippen molar-refractivity contribution >= 4 is 0 Å². The molecule has 0 bridgehead atoms. The number of nitrogens with one attached hydrogen (secondary N) is 1. The topological polar surface area (TPSA) is 30.5 Å². The highest BCUT2D eigenvalue weighted by Gasteiger charge is 2.09. The first kappa shape index (κ1) is 18.9. The Morgan fingerprint density at radius 1 is 0.889 bits per heavy atom. The van der Waals surface area contributed by atoms with Gasteiger partial charge < -0.3 is 14.8 Å². The Morgan fingerprint density at radius 2 is 1.63 bits per heavy atom. The molecule has 0 radical (unpaired) electrons. The monoisotopic (exact) mass is 365 g/mol. The van der Waals surface area contributed by atoms with Crippen LogP contribution in [0.3, 0.4) is 0 Å². The SMILES string of the molecule is COc1ccc(-c2cc(CN[C@H](C)c3cccc(OC)c3)ccc2F)cc1. The smallest absolute Gasteiger partial charge is 0.131 e. The zero-order valence-corrected chi connectivity index (χ0v) is 15.8. The van der Waals surface area contributed by atoms with Crippen LogP contribution in [0.1, 0.15) is 24.1 Å². The van der Waals surface area contributed by atoms with Gasteiger partial charge in [-0.2, -0.15) is 0 Å². The van der Waals surface area contributed by atoms with Gasteiger partial charge in [0.1, 0.15) is 17.3 Å². The van der Waals surface area contributed by atoms with E-state index in [-0.39, 0.29) is 11.9 Å². The molecule has 4 heteroatoms. The molecular formula is C23H24FNO2. The fraction of sp³-hybridized carbons (Fsp3) is 0.217. The van der Waals surface area contributed by atoms with Gasteiger partial charge in [0.05, 0.1) is 14.2 Å². The Balaban J connectivity index is 1.73. The summed E-state index contributed by atoms with van der Waals surface area (Å²) in [6, 6.07) is 20.8. The van der Waals surface area contributed by atoms with Gasteiger partial charge in [-0.3, -0.25) is 0 Å². The third kappa shape index (κ3) is 4.66. The van der Waals surface area contributed by atoms with Crippen molar-refractivity contribution in [3.63, 3.8) is 0 Å². The second-order valence-electron chi connectivity index (χ2n) is 6.42. The molecule has 0 aromatic heterocycles. The fourth-order valence-electron chi connectivity index (χ4n) is 2.97. The van der Waals surface area contributed by atoms with Crippen molar-refractivity contribution in [2.24, 2.45) is 0 Å². The van der Waals surface area contributed by atoms with E-state index >= 15 is 0 Å². The highest BCUT2D eigenvalue weighted by atomic mass is 19.1. The predicted molar refractivity (Wildman–Crippen MR) is 107 cm³/mol. The average Bonchev–Trinajstić information content (AvgIpc) is 2.73. The van der Waals surface area contributed by atoms with Gasteiger partial charge in [-0.25, -0.2) is 4.39 Å². The summed E-state index contributed by atoms with van der Waals surface area (Å²) in [6.07, 6.45) is 0. The largest absolute Gasteiger partial charge is 0.497 e. The number of hydrogen-bond donors (Lipinski definition) is 1. The minimum absolute atomic E-state index is 0.148. The Bertz CT molecular complexity index is 893. The first-order valence-electron chi connectivity index (χ1n) is 8.91. The zero-order chi connectivity index (χ0) is 19.2. The van der Waals surface area contributed by atoms with Crippen LogP contribution in [0, 0.1) is 5.82 Å². The Morgan fingerprint density at radius 3 is 2.33 bits per heavy atom. The lowest BCUT2D eigenvalue weighted by Crippen LogP contribution is -2.18. The molecular weight excluding hydrogens is 341 g/mol. The highest BCUT2D eigenvalue weighted by Crippen LogP contribution is 2.26. The van der Waals surface area contributed by atoms with E-state index in [9.17, 15) is 4.39 Å². The molecule has 0 fully saturated rings. The lowest BCUT2D eigenvalue weighted by atomic mass is 10.0. The van der Waals surface area contributed by atoms with E-state index in [1.807, 2.05) is 54.6 Å². The summed E-state index contributed by atoms with van der Waals surface area (Å²) in [4.78, 5) is 0. The standard InChI is InChI=1S/C23H24FNO2/c1-16(19-5-4-6-21(14-19)27-3)25-15-17-7-12-23(24)22(13-17)18-8-10-20(26-2)11-9-18/h4-14,16,25H,15H2,1-3H3/t16-/m1/s1. The molecule has 1 atom stereocenters. The number of ether oxygens (including phenoxy) is 2. The Kier molecular flexibility index (Phi) is 6.09. The number of methoxy groups -OCH3 is 2. The third-order valence-electron chi connectivity index (χ3n) is 4.64. The van der Waals surface area contributed by atoms with E-state index in [1.54, 1.807) is 14.2 Å². The van der Waals surface area contributed by atoms with Crippen LogP contribution in [0.25, 0.3) is 11.1 Å². The number of benzene rings is 3. The van der Waals surface area contributed by atoms with Crippen LogP contribution in [-0.4, -0.2) is 14.2 Å². The van der Waals surface area contributed by atoms with Crippen molar-refractivity contribution in [2.45, 2.75) is 19.5 Å². The van der Waals surface area contributed by atoms with Gasteiger partial charge in [0.15, 0.2) is 0 Å². The molecule has 0 saturated carbocycles. The first-order chi connectivity index (χ1) is 13.1. The molecule has 3 aromatic rings. The summed E-state index contributed by atoms with van der Waals surface area (Å²) >= 11 is 0. The maximum absolute atomic E-state index is 14.3. The van der Waals surface area contributed by atoms with E-state index in [0.29, 0.717) is 12.1 Å². The predicted octanol–water partition coefficient (Wildman–Crippen LogP) is 5.36. The van der Waals surface area contributed by atoms with Crippen LogP contribution in [0.2, 0.25) is 0 Å². The summed E-state index contributed by atoms with van der Waals surface area (Å²) in [5, 5.41) is 3.48. The maximum Gasteiger partial charge on any atom is 0.131 e. The number of hydrogen-bond acceptors (Lipinski definition) is 3. The molecule has 0 heterocycles. The molecule has 0 aliphatic rings. The second-order valence-corrected chi connectivity index (χ2v) is 6.42. The van der Waals surface area contributed by atoms with Crippen LogP contribution >= 0.6 is 0 Å². The summed E-state index contributed by atoms with van der Waals surface area (Å²) < 4.78 is 24.8. The van der Waals surface area contributed by atoms with Crippen LogP contribution in [0.4, 0.5) is 4.39 Å². The molecule has 0 spiro atoms. The van der Waals surface area contributed by atoms with E-state index in [4.69, 9.17) is 9.47 Å². The highest BCUT2D eigenvalue weighted by molar-refractivity contribution is 5.65. The maximum atomic E-state index is 14.3. The van der Waals surface area contributed by atoms with E-state index < -0.39 is 0 Å². The lowest BCUT2D eigenvalue weighted by Gasteiger charge is -2.16. The Labute approximate surface area is 159 Å². The van der Waals surface area contributed by atoms with Gasteiger partial charge in [-0.05, 0) is 60.0 Å². The van der Waals surface area contributed by atoms with Crippen LogP contribution in [0.15, 0.2) is 66.7 Å². The summed E-state index contributed by atoms with van der Waals surface area (Å²) in [5.41, 5.74) is 3.59. The fourth-order valence-corrected chi connectivity index (χ4v) is 2.97. The quantitative estimate of drug-likeness (QED) is 0.611. The average molecular weight is 365 g/mol. The first-order valence-corrected chi connectivity index (χ1v) is 8.91. The lowest BCUT2D eigenvalue weighted by molar-refractivity contribution is 0.413. The minimum Gasteiger partial charge on any atom is -0.497 e. The van der Waals surface area contributed by atoms with Crippen LogP contribution in [0.5, 0.6) is 11.5 Å². The normalized spacial score (nSPS) is 11.9. The van der Waals surface area contributed by atoms with Gasteiger partial charge in [-0.1, -0.05) is 30.3 Å². The van der Waals surface area contributed by atoms with E-state index in [2.05, 4.69) is 18.3 Å². The second kappa shape index (κ2) is 8.69. The molecule has 27 heavy (non-hydrogen) atoms. The van der Waals surface area contributed by atoms with Crippen molar-refractivity contribution < 1.29 is 13.9 Å². The minimum atomic E-state index is -0.232. The van der Waals surface area contributed by atoms with Crippen molar-refractivity contribution in [1.29, 1.82) is 0 Å². The zero-order valence-electron chi connectivity index (χ0n) is 15.8. The molecule has 0 amide bonds. The summed E-state index contributed by atoms with van der Waals surface area (Å²) in [6.45, 7) is 2.74. The van der Waals surface area contributed by atoms with E-state index in [1.165, 1.54) is 6.07 Å². The van der Waals surface area contributed by atoms with Crippen molar-refractivity contribution in [2.75, 3.05) is 14.2 Å². The molecule has 3 rings (SSSR count). The number of halogens is 1. The molecule has 0 saturated heterocycles. The molecule has 3 nitrogen and oxygen atoms in total. The van der Waals surface area contributed by atoms with Crippen molar-refractivity contribution in [3.8, 4) is 22.6 Å². The molecule has 0 unspecified atom stereocenters. The Hall–Kier alpha value is -2.85. The molecule has 0 aliphatic carbocycles. The van der Waals surface area contributed by atoms with Gasteiger partial charge in [0, 0.05) is 18.2 Å². The molecule has 1 N–H and O–H groups in total. The van der Waals surface area contributed by atoms with Crippen molar-refractivity contribution in [3.05, 3.63) is 83.7 Å². The van der Waals surface area contributed by atoms with Crippen LogP contribution < -0.4 is 14.8 Å². The van der Waals surface area contributed by atoms with Gasteiger partial charge in [0.2, 0.25) is 0 Å². The molecule has 140 valence electrons. The molecule has 3 aromatic carbocycles. The number of rotatable bonds is 7. The summed E-state index contributed by atoms with van der Waals surface area (Å²) in [7, 11) is 3.28. The van der Waals surface area contributed by atoms with Gasteiger partial charge in [0.25, 0.3) is 0 Å². The van der Waals surface area contributed by atoms with E-state index in [0.717, 1.165) is 28.2 Å². The molecule has 0 aliphatic heterocycles. The van der Waals surface area contributed by atoms with Crippen molar-refractivity contribution in [1.82, 2.24) is 5.32 Å². The van der Waals surface area contributed by atoms with Gasteiger partial charge >= 0.3 is 0 Å².